The van der Waals surface area contributed by atoms with Gasteiger partial charge in [0.25, 0.3) is 0 Å². The summed E-state index contributed by atoms with van der Waals surface area (Å²) in [4.78, 5) is 25.2. The Morgan fingerprint density at radius 1 is 1.12 bits per heavy atom. The number of benzene rings is 2. The maximum Gasteiger partial charge on any atom is 0.317 e. The van der Waals surface area contributed by atoms with Gasteiger partial charge in [0, 0.05) is 37.3 Å². The summed E-state index contributed by atoms with van der Waals surface area (Å²) in [5, 5.41) is 6.28. The van der Waals surface area contributed by atoms with Gasteiger partial charge in [-0.25, -0.2) is 4.79 Å². The maximum absolute atomic E-state index is 12.4. The van der Waals surface area contributed by atoms with Crippen LogP contribution in [0.4, 0.5) is 10.5 Å². The monoisotopic (exact) mass is 359 g/mol. The SMILES string of the molecule is CCN(Cc1ccccc1Cl)C(=O)NCc1cccc(NC(C)=O)c1. The summed E-state index contributed by atoms with van der Waals surface area (Å²) >= 11 is 6.17. The molecule has 0 heterocycles. The highest BCUT2D eigenvalue weighted by atomic mass is 35.5. The molecule has 2 aromatic carbocycles. The van der Waals surface area contributed by atoms with E-state index < -0.39 is 0 Å². The molecule has 2 rings (SSSR count). The van der Waals surface area contributed by atoms with Crippen LogP contribution in [0.15, 0.2) is 48.5 Å². The van der Waals surface area contributed by atoms with Gasteiger partial charge in [-0.3, -0.25) is 4.79 Å². The van der Waals surface area contributed by atoms with Crippen molar-refractivity contribution in [1.29, 1.82) is 0 Å². The fourth-order valence-electron chi connectivity index (χ4n) is 2.41. The topological polar surface area (TPSA) is 61.4 Å². The minimum atomic E-state index is -0.160. The zero-order valence-electron chi connectivity index (χ0n) is 14.4. The number of anilines is 1. The van der Waals surface area contributed by atoms with Crippen LogP contribution in [0.1, 0.15) is 25.0 Å². The maximum atomic E-state index is 12.4. The molecule has 0 saturated heterocycles. The average molecular weight is 360 g/mol. The first-order valence-corrected chi connectivity index (χ1v) is 8.50. The van der Waals surface area contributed by atoms with Crippen LogP contribution < -0.4 is 10.6 Å². The number of nitrogens with one attached hydrogen (secondary N) is 2. The first-order valence-electron chi connectivity index (χ1n) is 8.12. The fraction of sp³-hybridized carbons (Fsp3) is 0.263. The summed E-state index contributed by atoms with van der Waals surface area (Å²) in [5.41, 5.74) is 2.53. The summed E-state index contributed by atoms with van der Waals surface area (Å²) in [6.45, 7) is 4.79. The molecular weight excluding hydrogens is 338 g/mol. The molecule has 0 bridgehead atoms. The average Bonchev–Trinajstić information content (AvgIpc) is 2.59. The lowest BCUT2D eigenvalue weighted by molar-refractivity contribution is -0.114. The molecule has 0 aromatic heterocycles. The molecule has 0 spiro atoms. The van der Waals surface area contributed by atoms with Crippen molar-refractivity contribution in [3.8, 4) is 0 Å². The number of nitrogens with zero attached hydrogens (tertiary/aromatic N) is 1. The minimum absolute atomic E-state index is 0.127. The van der Waals surface area contributed by atoms with E-state index in [-0.39, 0.29) is 11.9 Å². The lowest BCUT2D eigenvalue weighted by Gasteiger charge is -2.22. The van der Waals surface area contributed by atoms with Crippen molar-refractivity contribution in [3.05, 3.63) is 64.7 Å². The zero-order valence-corrected chi connectivity index (χ0v) is 15.1. The molecule has 0 aliphatic rings. The van der Waals surface area contributed by atoms with Gasteiger partial charge in [0.2, 0.25) is 5.91 Å². The summed E-state index contributed by atoms with van der Waals surface area (Å²) in [7, 11) is 0. The molecule has 132 valence electrons. The number of urea groups is 1. The van der Waals surface area contributed by atoms with Gasteiger partial charge in [-0.2, -0.15) is 0 Å². The standard InChI is InChI=1S/C19H22ClN3O2/c1-3-23(13-16-8-4-5-10-18(16)20)19(25)21-12-15-7-6-9-17(11-15)22-14(2)24/h4-11H,3,12-13H2,1-2H3,(H,21,25)(H,22,24). The first-order chi connectivity index (χ1) is 12.0. The predicted molar refractivity (Wildman–Crippen MR) is 101 cm³/mol. The Hall–Kier alpha value is -2.53. The molecule has 0 fully saturated rings. The molecule has 0 aliphatic carbocycles. The predicted octanol–water partition coefficient (Wildman–Crippen LogP) is 4.03. The van der Waals surface area contributed by atoms with Crippen LogP contribution in [-0.4, -0.2) is 23.4 Å². The number of carbonyl (C=O) groups is 2. The van der Waals surface area contributed by atoms with Gasteiger partial charge in [0.05, 0.1) is 0 Å². The molecule has 2 N–H and O–H groups in total. The van der Waals surface area contributed by atoms with Gasteiger partial charge < -0.3 is 15.5 Å². The van der Waals surface area contributed by atoms with Gasteiger partial charge in [-0.05, 0) is 36.2 Å². The Labute approximate surface area is 153 Å². The molecule has 25 heavy (non-hydrogen) atoms. The number of amides is 3. The van der Waals surface area contributed by atoms with Crippen LogP contribution in [-0.2, 0) is 17.9 Å². The molecule has 0 radical (unpaired) electrons. The van der Waals surface area contributed by atoms with Crippen LogP contribution in [0, 0.1) is 0 Å². The van der Waals surface area contributed by atoms with Crippen molar-refractivity contribution >= 4 is 29.2 Å². The second kappa shape index (κ2) is 9.08. The number of hydrogen-bond acceptors (Lipinski definition) is 2. The van der Waals surface area contributed by atoms with Crippen molar-refractivity contribution in [3.63, 3.8) is 0 Å². The largest absolute Gasteiger partial charge is 0.334 e. The van der Waals surface area contributed by atoms with Gasteiger partial charge in [0.1, 0.15) is 0 Å². The second-order valence-electron chi connectivity index (χ2n) is 5.65. The molecule has 5 nitrogen and oxygen atoms in total. The number of rotatable bonds is 6. The van der Waals surface area contributed by atoms with E-state index in [1.165, 1.54) is 6.92 Å². The van der Waals surface area contributed by atoms with Crippen LogP contribution in [0.2, 0.25) is 5.02 Å². The summed E-state index contributed by atoms with van der Waals surface area (Å²) in [6.07, 6.45) is 0. The Kier molecular flexibility index (Phi) is 6.83. The number of halogens is 1. The highest BCUT2D eigenvalue weighted by Crippen LogP contribution is 2.17. The lowest BCUT2D eigenvalue weighted by atomic mass is 10.2. The third-order valence-electron chi connectivity index (χ3n) is 3.68. The van der Waals surface area contributed by atoms with Crippen molar-refractivity contribution < 1.29 is 9.59 Å². The minimum Gasteiger partial charge on any atom is -0.334 e. The number of carbonyl (C=O) groups excluding carboxylic acids is 2. The molecule has 0 unspecified atom stereocenters. The van der Waals surface area contributed by atoms with Gasteiger partial charge >= 0.3 is 6.03 Å². The van der Waals surface area contributed by atoms with Crippen LogP contribution in [0.3, 0.4) is 0 Å². The molecule has 0 saturated carbocycles. The van der Waals surface area contributed by atoms with Gasteiger partial charge in [-0.15, -0.1) is 0 Å². The Morgan fingerprint density at radius 3 is 2.56 bits per heavy atom. The smallest absolute Gasteiger partial charge is 0.317 e. The zero-order chi connectivity index (χ0) is 18.2. The summed E-state index contributed by atoms with van der Waals surface area (Å²) in [6, 6.07) is 14.7. The highest BCUT2D eigenvalue weighted by Gasteiger charge is 2.13. The van der Waals surface area contributed by atoms with E-state index in [1.807, 2.05) is 55.5 Å². The second-order valence-corrected chi connectivity index (χ2v) is 6.05. The van der Waals surface area contributed by atoms with E-state index in [4.69, 9.17) is 11.6 Å². The van der Waals surface area contributed by atoms with E-state index in [0.717, 1.165) is 11.1 Å². The van der Waals surface area contributed by atoms with Crippen LogP contribution in [0.5, 0.6) is 0 Å². The van der Waals surface area contributed by atoms with E-state index in [9.17, 15) is 9.59 Å². The quantitative estimate of drug-likeness (QED) is 0.818. The van der Waals surface area contributed by atoms with Crippen LogP contribution >= 0.6 is 11.6 Å². The normalized spacial score (nSPS) is 10.2. The van der Waals surface area contributed by atoms with Gasteiger partial charge in [0.15, 0.2) is 0 Å². The van der Waals surface area contributed by atoms with E-state index in [0.29, 0.717) is 30.3 Å². The van der Waals surface area contributed by atoms with Crippen molar-refractivity contribution in [2.75, 3.05) is 11.9 Å². The molecule has 2 aromatic rings. The third kappa shape index (κ3) is 5.80. The van der Waals surface area contributed by atoms with Gasteiger partial charge in [-0.1, -0.05) is 41.9 Å². The van der Waals surface area contributed by atoms with Crippen LogP contribution in [0.25, 0.3) is 0 Å². The van der Waals surface area contributed by atoms with Crippen molar-refractivity contribution in [2.45, 2.75) is 26.9 Å². The first kappa shape index (κ1) is 18.8. The van der Waals surface area contributed by atoms with E-state index >= 15 is 0 Å². The molecular formula is C19H22ClN3O2. The molecule has 0 atom stereocenters. The molecule has 0 aliphatic heterocycles. The van der Waals surface area contributed by atoms with E-state index in [1.54, 1.807) is 4.90 Å². The van der Waals surface area contributed by atoms with E-state index in [2.05, 4.69) is 10.6 Å². The molecule has 3 amide bonds. The summed E-state index contributed by atoms with van der Waals surface area (Å²) in [5.74, 6) is -0.127. The molecule has 6 heteroatoms. The summed E-state index contributed by atoms with van der Waals surface area (Å²) < 4.78 is 0. The number of hydrogen-bond donors (Lipinski definition) is 2. The Morgan fingerprint density at radius 2 is 1.88 bits per heavy atom. The third-order valence-corrected chi connectivity index (χ3v) is 4.05. The lowest BCUT2D eigenvalue weighted by Crippen LogP contribution is -2.39. The Bertz CT molecular complexity index is 749. The van der Waals surface area contributed by atoms with Crippen molar-refractivity contribution in [1.82, 2.24) is 10.2 Å². The Balaban J connectivity index is 1.96. The highest BCUT2D eigenvalue weighted by molar-refractivity contribution is 6.31. The van der Waals surface area contributed by atoms with Crippen molar-refractivity contribution in [2.24, 2.45) is 0 Å². The fourth-order valence-corrected chi connectivity index (χ4v) is 2.61.